The lowest BCUT2D eigenvalue weighted by Crippen LogP contribution is -2.45. The molecule has 34 heavy (non-hydrogen) atoms. The number of carbonyl (C=O) groups excluding carboxylic acids is 2. The number of halogens is 3. The van der Waals surface area contributed by atoms with E-state index < -0.39 is 28.8 Å². The van der Waals surface area contributed by atoms with E-state index in [-0.39, 0.29) is 35.6 Å². The first-order chi connectivity index (χ1) is 16.1. The lowest BCUT2D eigenvalue weighted by Gasteiger charge is -2.31. The normalized spacial score (nSPS) is 14.4. The van der Waals surface area contributed by atoms with Crippen LogP contribution in [0.3, 0.4) is 0 Å². The van der Waals surface area contributed by atoms with Gasteiger partial charge < -0.3 is 14.5 Å². The summed E-state index contributed by atoms with van der Waals surface area (Å²) in [5, 5.41) is 9.56. The lowest BCUT2D eigenvalue weighted by atomic mass is 10.1. The number of thioether (sulfide) groups is 1. The van der Waals surface area contributed by atoms with Gasteiger partial charge in [-0.2, -0.15) is 13.2 Å². The van der Waals surface area contributed by atoms with Gasteiger partial charge in [0, 0.05) is 0 Å². The zero-order valence-electron chi connectivity index (χ0n) is 18.0. The molecule has 0 radical (unpaired) electrons. The number of nitrogens with one attached hydrogen (secondary N) is 1. The van der Waals surface area contributed by atoms with Crippen LogP contribution in [0.25, 0.3) is 0 Å². The number of hydrogen-bond acceptors (Lipinski definition) is 7. The van der Waals surface area contributed by atoms with E-state index in [0.717, 1.165) is 34.4 Å². The van der Waals surface area contributed by atoms with Gasteiger partial charge in [0.1, 0.15) is 12.3 Å². The van der Waals surface area contributed by atoms with Gasteiger partial charge in [-0.25, -0.2) is 0 Å². The molecule has 1 aliphatic heterocycles. The molecule has 0 aliphatic carbocycles. The summed E-state index contributed by atoms with van der Waals surface area (Å²) in [6, 6.07) is 10.3. The summed E-state index contributed by atoms with van der Waals surface area (Å²) in [4.78, 5) is 26.2. The SMILES string of the molecule is Cc1cccc(OCc2nnc(SC(C)C(=O)N3CC(=O)Nc4cc(C(F)(F)F)ccc43)o2)c1. The van der Waals surface area contributed by atoms with Crippen LogP contribution in [0.2, 0.25) is 0 Å². The van der Waals surface area contributed by atoms with Crippen LogP contribution in [0, 0.1) is 6.92 Å². The maximum Gasteiger partial charge on any atom is 0.416 e. The molecular weight excluding hydrogens is 473 g/mol. The van der Waals surface area contributed by atoms with Crippen LogP contribution in [0.5, 0.6) is 5.75 Å². The van der Waals surface area contributed by atoms with Gasteiger partial charge in [-0.05, 0) is 49.7 Å². The van der Waals surface area contributed by atoms with Crippen molar-refractivity contribution in [2.75, 3.05) is 16.8 Å². The molecule has 1 aromatic heterocycles. The van der Waals surface area contributed by atoms with Crippen molar-refractivity contribution in [3.8, 4) is 5.75 Å². The van der Waals surface area contributed by atoms with E-state index in [9.17, 15) is 22.8 Å². The molecule has 1 aliphatic rings. The second kappa shape index (κ2) is 9.37. The smallest absolute Gasteiger partial charge is 0.416 e. The number of ether oxygens (including phenoxy) is 1. The molecule has 0 bridgehead atoms. The summed E-state index contributed by atoms with van der Waals surface area (Å²) < 4.78 is 50.2. The number of hydrogen-bond donors (Lipinski definition) is 1. The van der Waals surface area contributed by atoms with Gasteiger partial charge in [0.15, 0.2) is 6.61 Å². The molecule has 1 N–H and O–H groups in total. The number of anilines is 2. The van der Waals surface area contributed by atoms with Crippen LogP contribution >= 0.6 is 11.8 Å². The van der Waals surface area contributed by atoms with Gasteiger partial charge in [-0.15, -0.1) is 10.2 Å². The molecule has 8 nitrogen and oxygen atoms in total. The van der Waals surface area contributed by atoms with Gasteiger partial charge in [-0.3, -0.25) is 14.5 Å². The number of benzene rings is 2. The highest BCUT2D eigenvalue weighted by atomic mass is 32.2. The highest BCUT2D eigenvalue weighted by Crippen LogP contribution is 2.38. The fraction of sp³-hybridized carbons (Fsp3) is 0.273. The van der Waals surface area contributed by atoms with Crippen molar-refractivity contribution in [3.05, 3.63) is 59.5 Å². The second-order valence-corrected chi connectivity index (χ2v) is 8.82. The predicted molar refractivity (Wildman–Crippen MR) is 118 cm³/mol. The Labute approximate surface area is 196 Å². The lowest BCUT2D eigenvalue weighted by molar-refractivity contribution is -0.137. The molecule has 0 saturated carbocycles. The van der Waals surface area contributed by atoms with E-state index >= 15 is 0 Å². The molecule has 1 unspecified atom stereocenters. The average molecular weight is 492 g/mol. The first kappa shape index (κ1) is 23.6. The van der Waals surface area contributed by atoms with Crippen molar-refractivity contribution in [1.82, 2.24) is 10.2 Å². The summed E-state index contributed by atoms with van der Waals surface area (Å²) in [7, 11) is 0. The summed E-state index contributed by atoms with van der Waals surface area (Å²) in [5.41, 5.74) is 0.219. The fourth-order valence-corrected chi connectivity index (χ4v) is 4.04. The number of alkyl halides is 3. The predicted octanol–water partition coefficient (Wildman–Crippen LogP) is 4.44. The fourth-order valence-electron chi connectivity index (χ4n) is 3.28. The van der Waals surface area contributed by atoms with Gasteiger partial charge in [-0.1, -0.05) is 23.9 Å². The Kier molecular flexibility index (Phi) is 6.51. The molecule has 3 aromatic rings. The molecule has 4 rings (SSSR count). The number of amides is 2. The first-order valence-corrected chi connectivity index (χ1v) is 11.0. The second-order valence-electron chi connectivity index (χ2n) is 7.53. The number of aryl methyl sites for hydroxylation is 1. The number of aromatic nitrogens is 2. The highest BCUT2D eigenvalue weighted by Gasteiger charge is 2.35. The summed E-state index contributed by atoms with van der Waals surface area (Å²) in [5.74, 6) is -0.222. The molecule has 12 heteroatoms. The molecule has 2 heterocycles. The van der Waals surface area contributed by atoms with Gasteiger partial charge >= 0.3 is 6.18 Å². The quantitative estimate of drug-likeness (QED) is 0.508. The molecule has 0 saturated heterocycles. The Morgan fingerprint density at radius 3 is 2.79 bits per heavy atom. The van der Waals surface area contributed by atoms with Gasteiger partial charge in [0.2, 0.25) is 11.8 Å². The van der Waals surface area contributed by atoms with Crippen LogP contribution in [0.1, 0.15) is 23.9 Å². The minimum atomic E-state index is -4.58. The molecule has 0 spiro atoms. The van der Waals surface area contributed by atoms with E-state index in [1.165, 1.54) is 6.07 Å². The topological polar surface area (TPSA) is 97.6 Å². The molecule has 2 amide bonds. The summed E-state index contributed by atoms with van der Waals surface area (Å²) in [6.45, 7) is 3.24. The van der Waals surface area contributed by atoms with Crippen molar-refractivity contribution in [1.29, 1.82) is 0 Å². The first-order valence-electron chi connectivity index (χ1n) is 10.1. The standard InChI is InChI=1S/C22H19F3N4O4S/c1-12-4-3-5-15(8-12)32-11-19-27-28-21(33-19)34-13(2)20(31)29-10-18(30)26-16-9-14(22(23,24)25)6-7-17(16)29/h3-9,13H,10-11H2,1-2H3,(H,26,30). The third kappa shape index (κ3) is 5.33. The minimum Gasteiger partial charge on any atom is -0.484 e. The maximum atomic E-state index is 13.0. The van der Waals surface area contributed by atoms with E-state index in [2.05, 4.69) is 15.5 Å². The third-order valence-electron chi connectivity index (χ3n) is 4.88. The van der Waals surface area contributed by atoms with Gasteiger partial charge in [0.25, 0.3) is 11.1 Å². The minimum absolute atomic E-state index is 0.0422. The van der Waals surface area contributed by atoms with Crippen molar-refractivity contribution in [2.45, 2.75) is 37.1 Å². The Hall–Kier alpha value is -3.54. The van der Waals surface area contributed by atoms with Crippen LogP contribution in [-0.2, 0) is 22.4 Å². The van der Waals surface area contributed by atoms with Crippen molar-refractivity contribution in [3.63, 3.8) is 0 Å². The van der Waals surface area contributed by atoms with Crippen LogP contribution in [-0.4, -0.2) is 33.8 Å². The monoisotopic (exact) mass is 492 g/mol. The Balaban J connectivity index is 1.43. The van der Waals surface area contributed by atoms with Crippen LogP contribution in [0.15, 0.2) is 52.1 Å². The Morgan fingerprint density at radius 2 is 2.06 bits per heavy atom. The van der Waals surface area contributed by atoms with E-state index in [0.29, 0.717) is 5.75 Å². The number of fused-ring (bicyclic) bond motifs is 1. The van der Waals surface area contributed by atoms with E-state index in [1.807, 2.05) is 25.1 Å². The van der Waals surface area contributed by atoms with Crippen molar-refractivity contribution >= 4 is 35.0 Å². The van der Waals surface area contributed by atoms with Gasteiger partial charge in [0.05, 0.1) is 22.2 Å². The van der Waals surface area contributed by atoms with E-state index in [1.54, 1.807) is 13.0 Å². The summed E-state index contributed by atoms with van der Waals surface area (Å²) in [6.07, 6.45) is -4.58. The Bertz CT molecular complexity index is 1230. The van der Waals surface area contributed by atoms with Crippen LogP contribution in [0.4, 0.5) is 24.5 Å². The molecular formula is C22H19F3N4O4S. The van der Waals surface area contributed by atoms with Crippen molar-refractivity contribution < 1.29 is 31.9 Å². The maximum absolute atomic E-state index is 13.0. The van der Waals surface area contributed by atoms with Crippen molar-refractivity contribution in [2.24, 2.45) is 0 Å². The number of nitrogens with zero attached hydrogens (tertiary/aromatic N) is 3. The highest BCUT2D eigenvalue weighted by molar-refractivity contribution is 8.00. The van der Waals surface area contributed by atoms with Crippen LogP contribution < -0.4 is 15.0 Å². The average Bonchev–Trinajstić information content (AvgIpc) is 3.22. The number of rotatable bonds is 6. The zero-order chi connectivity index (χ0) is 24.5. The van der Waals surface area contributed by atoms with E-state index in [4.69, 9.17) is 9.15 Å². The molecule has 178 valence electrons. The largest absolute Gasteiger partial charge is 0.484 e. The zero-order valence-corrected chi connectivity index (χ0v) is 18.9. The molecule has 2 aromatic carbocycles. The molecule has 0 fully saturated rings. The third-order valence-corrected chi connectivity index (χ3v) is 5.80. The number of carbonyl (C=O) groups is 2. The molecule has 1 atom stereocenters. The Morgan fingerprint density at radius 1 is 1.26 bits per heavy atom. The summed E-state index contributed by atoms with van der Waals surface area (Å²) >= 11 is 0.975.